The molecular weight excluding hydrogens is 669 g/mol. The minimum Gasteiger partial charge on any atom is -0.453 e. The van der Waals surface area contributed by atoms with Crippen molar-refractivity contribution in [2.75, 3.05) is 14.7 Å². The topological polar surface area (TPSA) is 79.4 Å². The number of aromatic nitrogens is 1. The number of ether oxygens (including phenoxy) is 1. The standard InChI is InChI=1S/C45H32N6OSi/c1-53(2)42-17-9-5-13-38(42)51(39-14-6-10-18-43(39)53)45-28-35(49(33-23-19-31(29-46)20-24-33)34-25-21-32(30-47)22-26-34)27-44(48-45)50-36-11-3-7-15-40(36)52-41-16-8-4-12-37(41)50/h3-28H,1-2H3. The van der Waals surface area contributed by atoms with Gasteiger partial charge in [-0.05, 0) is 95.3 Å². The van der Waals surface area contributed by atoms with Gasteiger partial charge in [-0.15, -0.1) is 0 Å². The van der Waals surface area contributed by atoms with Gasteiger partial charge in [0, 0.05) is 34.9 Å². The van der Waals surface area contributed by atoms with Crippen molar-refractivity contribution >= 4 is 69.9 Å². The predicted octanol–water partition coefficient (Wildman–Crippen LogP) is 10.5. The van der Waals surface area contributed by atoms with Crippen molar-refractivity contribution in [3.63, 3.8) is 0 Å². The molecule has 53 heavy (non-hydrogen) atoms. The summed E-state index contributed by atoms with van der Waals surface area (Å²) in [4.78, 5) is 12.2. The molecule has 2 aliphatic rings. The molecule has 0 saturated carbocycles. The third kappa shape index (κ3) is 5.29. The summed E-state index contributed by atoms with van der Waals surface area (Å²) in [5.74, 6) is 2.91. The van der Waals surface area contributed by atoms with Crippen LogP contribution in [0, 0.1) is 22.7 Å². The number of anilines is 9. The van der Waals surface area contributed by atoms with Crippen molar-refractivity contribution in [1.29, 1.82) is 10.5 Å². The second kappa shape index (κ2) is 12.6. The van der Waals surface area contributed by atoms with E-state index >= 15 is 0 Å². The first kappa shape index (κ1) is 31.8. The monoisotopic (exact) mass is 700 g/mol. The van der Waals surface area contributed by atoms with E-state index in [2.05, 4.69) is 113 Å². The van der Waals surface area contributed by atoms with E-state index in [0.29, 0.717) is 16.9 Å². The van der Waals surface area contributed by atoms with Crippen LogP contribution < -0.4 is 29.8 Å². The number of para-hydroxylation sites is 6. The van der Waals surface area contributed by atoms with E-state index in [1.165, 1.54) is 10.4 Å². The fourth-order valence-electron chi connectivity index (χ4n) is 7.53. The summed E-state index contributed by atoms with van der Waals surface area (Å²) in [6, 6.07) is 57.3. The molecule has 1 aromatic heterocycles. The fraction of sp³-hybridized carbons (Fsp3) is 0.0444. The van der Waals surface area contributed by atoms with Crippen molar-refractivity contribution in [3.8, 4) is 23.6 Å². The highest BCUT2D eigenvalue weighted by Gasteiger charge is 2.39. The number of benzene rings is 6. The van der Waals surface area contributed by atoms with Crippen LogP contribution in [0.25, 0.3) is 0 Å². The van der Waals surface area contributed by atoms with Crippen LogP contribution in [-0.4, -0.2) is 13.1 Å². The lowest BCUT2D eigenvalue weighted by Crippen LogP contribution is -2.58. The Kier molecular flexibility index (Phi) is 7.55. The van der Waals surface area contributed by atoms with Gasteiger partial charge in [0.25, 0.3) is 0 Å². The quantitative estimate of drug-likeness (QED) is 0.165. The number of hydrogen-bond acceptors (Lipinski definition) is 7. The molecule has 3 heterocycles. The van der Waals surface area contributed by atoms with Crippen molar-refractivity contribution < 1.29 is 4.74 Å². The van der Waals surface area contributed by atoms with E-state index in [1.54, 1.807) is 0 Å². The number of pyridine rings is 1. The van der Waals surface area contributed by atoms with Gasteiger partial charge in [0.15, 0.2) is 11.5 Å². The number of rotatable bonds is 5. The molecule has 0 spiro atoms. The molecule has 0 fully saturated rings. The highest BCUT2D eigenvalue weighted by Crippen LogP contribution is 2.51. The van der Waals surface area contributed by atoms with E-state index in [-0.39, 0.29) is 0 Å². The van der Waals surface area contributed by atoms with Crippen LogP contribution >= 0.6 is 0 Å². The molecule has 0 bridgehead atoms. The van der Waals surface area contributed by atoms with Crippen LogP contribution in [0.4, 0.5) is 51.4 Å². The summed E-state index contributed by atoms with van der Waals surface area (Å²) in [5, 5.41) is 22.0. The average molecular weight is 701 g/mol. The normalized spacial score (nSPS) is 13.3. The summed E-state index contributed by atoms with van der Waals surface area (Å²) >= 11 is 0. The van der Waals surface area contributed by atoms with Crippen LogP contribution in [0.15, 0.2) is 158 Å². The Balaban J connectivity index is 1.35. The van der Waals surface area contributed by atoms with Crippen LogP contribution in [0.1, 0.15) is 11.1 Å². The molecule has 0 atom stereocenters. The van der Waals surface area contributed by atoms with Gasteiger partial charge < -0.3 is 9.64 Å². The first-order valence-electron chi connectivity index (χ1n) is 17.4. The summed E-state index contributed by atoms with van der Waals surface area (Å²) in [6.45, 7) is 4.83. The smallest absolute Gasteiger partial charge is 0.151 e. The molecule has 9 rings (SSSR count). The van der Waals surface area contributed by atoms with Gasteiger partial charge in [0.1, 0.15) is 19.7 Å². The molecule has 0 amide bonds. The molecule has 0 N–H and O–H groups in total. The molecule has 7 nitrogen and oxygen atoms in total. The highest BCUT2D eigenvalue weighted by molar-refractivity contribution is 7.02. The summed E-state index contributed by atoms with van der Waals surface area (Å²) in [6.07, 6.45) is 0. The molecule has 8 heteroatoms. The van der Waals surface area contributed by atoms with Crippen molar-refractivity contribution in [1.82, 2.24) is 4.98 Å². The second-order valence-electron chi connectivity index (χ2n) is 13.6. The Labute approximate surface area is 309 Å². The molecule has 0 aliphatic carbocycles. The predicted molar refractivity (Wildman–Crippen MR) is 215 cm³/mol. The lowest BCUT2D eigenvalue weighted by molar-refractivity contribution is 0.476. The summed E-state index contributed by atoms with van der Waals surface area (Å²) in [5.41, 5.74) is 7.67. The first-order valence-corrected chi connectivity index (χ1v) is 20.4. The highest BCUT2D eigenvalue weighted by atomic mass is 28.3. The van der Waals surface area contributed by atoms with E-state index < -0.39 is 8.07 Å². The second-order valence-corrected chi connectivity index (χ2v) is 17.9. The van der Waals surface area contributed by atoms with Crippen LogP contribution in [0.3, 0.4) is 0 Å². The molecule has 0 unspecified atom stereocenters. The van der Waals surface area contributed by atoms with E-state index in [4.69, 9.17) is 9.72 Å². The maximum atomic E-state index is 9.66. The minimum atomic E-state index is -2.07. The van der Waals surface area contributed by atoms with Crippen molar-refractivity contribution in [2.24, 2.45) is 0 Å². The number of nitrogens with zero attached hydrogens (tertiary/aromatic N) is 6. The Morgan fingerprint density at radius 2 is 0.906 bits per heavy atom. The lowest BCUT2D eigenvalue weighted by atomic mass is 10.1. The van der Waals surface area contributed by atoms with Crippen LogP contribution in [0.5, 0.6) is 11.5 Å². The van der Waals surface area contributed by atoms with Crippen molar-refractivity contribution in [2.45, 2.75) is 13.1 Å². The molecule has 6 aromatic carbocycles. The molecule has 0 saturated heterocycles. The zero-order valence-electron chi connectivity index (χ0n) is 29.1. The minimum absolute atomic E-state index is 0.569. The largest absolute Gasteiger partial charge is 0.453 e. The summed E-state index contributed by atoms with van der Waals surface area (Å²) < 4.78 is 6.41. The van der Waals surface area contributed by atoms with E-state index in [1.807, 2.05) is 84.9 Å². The lowest BCUT2D eigenvalue weighted by Gasteiger charge is -2.41. The van der Waals surface area contributed by atoms with Gasteiger partial charge in [-0.25, -0.2) is 4.98 Å². The van der Waals surface area contributed by atoms with E-state index in [0.717, 1.165) is 57.1 Å². The average Bonchev–Trinajstić information content (AvgIpc) is 3.20. The number of nitriles is 2. The fourth-order valence-corrected chi connectivity index (χ4v) is 10.5. The number of hydrogen-bond donors (Lipinski definition) is 0. The molecular formula is C45H32N6OSi. The number of fused-ring (bicyclic) bond motifs is 4. The maximum absolute atomic E-state index is 9.66. The Morgan fingerprint density at radius 3 is 1.36 bits per heavy atom. The first-order chi connectivity index (χ1) is 25.9. The molecule has 7 aromatic rings. The van der Waals surface area contributed by atoms with Crippen molar-refractivity contribution in [3.05, 3.63) is 169 Å². The Hall–Kier alpha value is -7.13. The molecule has 2 aliphatic heterocycles. The third-order valence-corrected chi connectivity index (χ3v) is 13.6. The van der Waals surface area contributed by atoms with Gasteiger partial charge in [0.05, 0.1) is 40.3 Å². The van der Waals surface area contributed by atoms with Gasteiger partial charge in [0.2, 0.25) is 0 Å². The Bertz CT molecular complexity index is 2470. The van der Waals surface area contributed by atoms with Crippen LogP contribution in [-0.2, 0) is 0 Å². The van der Waals surface area contributed by atoms with Gasteiger partial charge >= 0.3 is 0 Å². The van der Waals surface area contributed by atoms with Gasteiger partial charge in [-0.1, -0.05) is 73.8 Å². The SMILES string of the molecule is C[Si]1(C)c2ccccc2N(c2cc(N(c3ccc(C#N)cc3)c3ccc(C#N)cc3)cc(N3c4ccccc4Oc4ccccc43)n2)c2ccccc21. The van der Waals surface area contributed by atoms with Crippen LogP contribution in [0.2, 0.25) is 13.1 Å². The third-order valence-electron chi connectivity index (χ3n) is 10.1. The van der Waals surface area contributed by atoms with Gasteiger partial charge in [-0.2, -0.15) is 10.5 Å². The van der Waals surface area contributed by atoms with E-state index in [9.17, 15) is 10.5 Å². The Morgan fingerprint density at radius 1 is 0.509 bits per heavy atom. The molecule has 252 valence electrons. The van der Waals surface area contributed by atoms with Gasteiger partial charge in [-0.3, -0.25) is 9.80 Å². The zero-order chi connectivity index (χ0) is 36.1. The summed E-state index contributed by atoms with van der Waals surface area (Å²) in [7, 11) is -2.07. The zero-order valence-corrected chi connectivity index (χ0v) is 30.1. The maximum Gasteiger partial charge on any atom is 0.151 e. The molecule has 0 radical (unpaired) electrons.